The normalized spacial score (nSPS) is 16.4. The Kier molecular flexibility index (Phi) is 3.64. The van der Waals surface area contributed by atoms with Crippen LogP contribution < -0.4 is 15.8 Å². The van der Waals surface area contributed by atoms with E-state index in [1.165, 1.54) is 12.8 Å². The van der Waals surface area contributed by atoms with Crippen molar-refractivity contribution in [1.29, 1.82) is 0 Å². The summed E-state index contributed by atoms with van der Waals surface area (Å²) < 4.78 is 5.69. The maximum absolute atomic E-state index is 11.5. The molecule has 1 fully saturated rings. The lowest BCUT2D eigenvalue weighted by atomic mass is 10.2. The molecule has 1 aromatic carbocycles. The van der Waals surface area contributed by atoms with Crippen molar-refractivity contribution >= 4 is 11.6 Å². The van der Waals surface area contributed by atoms with Crippen LogP contribution in [0.5, 0.6) is 5.75 Å². The molecule has 1 aliphatic carbocycles. The molecule has 17 heavy (non-hydrogen) atoms. The summed E-state index contributed by atoms with van der Waals surface area (Å²) in [6.07, 6.45) is 2.49. The maximum Gasteiger partial charge on any atom is 0.241 e. The highest BCUT2D eigenvalue weighted by Gasteiger charge is 2.22. The van der Waals surface area contributed by atoms with Gasteiger partial charge in [-0.15, -0.1) is 0 Å². The van der Waals surface area contributed by atoms with Gasteiger partial charge in [-0.1, -0.05) is 12.1 Å². The Morgan fingerprint density at radius 2 is 2.24 bits per heavy atom. The molecule has 92 valence electrons. The Hall–Kier alpha value is -1.55. The van der Waals surface area contributed by atoms with Crippen LogP contribution in [0.15, 0.2) is 24.3 Å². The Bertz CT molecular complexity index is 400. The Balaban J connectivity index is 2.01. The van der Waals surface area contributed by atoms with E-state index in [2.05, 4.69) is 5.32 Å². The molecule has 4 nitrogen and oxygen atoms in total. The van der Waals surface area contributed by atoms with Gasteiger partial charge in [-0.3, -0.25) is 4.79 Å². The van der Waals surface area contributed by atoms with E-state index in [9.17, 15) is 4.79 Å². The van der Waals surface area contributed by atoms with Gasteiger partial charge in [0.15, 0.2) is 0 Å². The minimum atomic E-state index is -0.522. The van der Waals surface area contributed by atoms with Crippen LogP contribution in [0.1, 0.15) is 19.8 Å². The van der Waals surface area contributed by atoms with Crippen molar-refractivity contribution in [1.82, 2.24) is 0 Å². The first kappa shape index (κ1) is 11.9. The van der Waals surface area contributed by atoms with E-state index in [-0.39, 0.29) is 5.91 Å². The molecule has 3 N–H and O–H groups in total. The number of hydrogen-bond acceptors (Lipinski definition) is 3. The van der Waals surface area contributed by atoms with Crippen LogP contribution in [0.3, 0.4) is 0 Å². The number of benzene rings is 1. The molecule has 1 amide bonds. The third-order valence-corrected chi connectivity index (χ3v) is 2.73. The number of para-hydroxylation sites is 2. The fourth-order valence-corrected chi connectivity index (χ4v) is 1.43. The van der Waals surface area contributed by atoms with Crippen LogP contribution >= 0.6 is 0 Å². The van der Waals surface area contributed by atoms with Crippen LogP contribution in [0.25, 0.3) is 0 Å². The lowest BCUT2D eigenvalue weighted by Gasteiger charge is -2.13. The number of rotatable bonds is 5. The molecule has 1 atom stereocenters. The molecule has 0 heterocycles. The molecule has 4 heteroatoms. The lowest BCUT2D eigenvalue weighted by Crippen LogP contribution is -2.32. The van der Waals surface area contributed by atoms with Crippen molar-refractivity contribution < 1.29 is 9.53 Å². The molecule has 0 radical (unpaired) electrons. The van der Waals surface area contributed by atoms with Gasteiger partial charge in [-0.25, -0.2) is 0 Å². The summed E-state index contributed by atoms with van der Waals surface area (Å²) in [5.74, 6) is 1.20. The number of anilines is 1. The van der Waals surface area contributed by atoms with Gasteiger partial charge < -0.3 is 15.8 Å². The molecule has 0 aliphatic heterocycles. The summed E-state index contributed by atoms with van der Waals surface area (Å²) in [5.41, 5.74) is 6.20. The first-order valence-corrected chi connectivity index (χ1v) is 5.95. The van der Waals surface area contributed by atoms with Crippen LogP contribution in [0.2, 0.25) is 0 Å². The van der Waals surface area contributed by atoms with Crippen molar-refractivity contribution in [3.63, 3.8) is 0 Å². The maximum atomic E-state index is 11.5. The van der Waals surface area contributed by atoms with Gasteiger partial charge >= 0.3 is 0 Å². The molecule has 0 unspecified atom stereocenters. The summed E-state index contributed by atoms with van der Waals surface area (Å²) in [4.78, 5) is 11.5. The Morgan fingerprint density at radius 1 is 1.53 bits per heavy atom. The molecule has 0 bridgehead atoms. The topological polar surface area (TPSA) is 64.4 Å². The van der Waals surface area contributed by atoms with Gasteiger partial charge in [0, 0.05) is 0 Å². The van der Waals surface area contributed by atoms with Crippen LogP contribution in [-0.4, -0.2) is 18.6 Å². The van der Waals surface area contributed by atoms with Crippen molar-refractivity contribution in [2.45, 2.75) is 25.8 Å². The average Bonchev–Trinajstić information content (AvgIpc) is 3.11. The van der Waals surface area contributed by atoms with Gasteiger partial charge in [0.2, 0.25) is 5.91 Å². The smallest absolute Gasteiger partial charge is 0.241 e. The summed E-state index contributed by atoms with van der Waals surface area (Å²) >= 11 is 0. The van der Waals surface area contributed by atoms with Crippen LogP contribution in [-0.2, 0) is 4.79 Å². The number of carbonyl (C=O) groups is 1. The highest BCUT2D eigenvalue weighted by molar-refractivity contribution is 5.95. The van der Waals surface area contributed by atoms with E-state index in [4.69, 9.17) is 10.5 Å². The molecule has 0 spiro atoms. The zero-order chi connectivity index (χ0) is 12.3. The Labute approximate surface area is 101 Å². The molecule has 1 aromatic rings. The summed E-state index contributed by atoms with van der Waals surface area (Å²) in [6.45, 7) is 2.38. The molecule has 0 saturated heterocycles. The van der Waals surface area contributed by atoms with Gasteiger partial charge in [0.05, 0.1) is 18.3 Å². The van der Waals surface area contributed by atoms with Gasteiger partial charge in [-0.2, -0.15) is 0 Å². The molecule has 0 aromatic heterocycles. The first-order valence-electron chi connectivity index (χ1n) is 5.95. The van der Waals surface area contributed by atoms with Crippen molar-refractivity contribution in [3.05, 3.63) is 24.3 Å². The van der Waals surface area contributed by atoms with Crippen molar-refractivity contribution in [3.8, 4) is 5.75 Å². The third kappa shape index (κ3) is 3.46. The fraction of sp³-hybridized carbons (Fsp3) is 0.462. The second-order valence-electron chi connectivity index (χ2n) is 4.53. The minimum Gasteiger partial charge on any atom is -0.491 e. The lowest BCUT2D eigenvalue weighted by molar-refractivity contribution is -0.117. The van der Waals surface area contributed by atoms with Crippen molar-refractivity contribution in [2.75, 3.05) is 11.9 Å². The highest BCUT2D eigenvalue weighted by Crippen LogP contribution is 2.31. The number of carbonyl (C=O) groups excluding carboxylic acids is 1. The van der Waals surface area contributed by atoms with Crippen molar-refractivity contribution in [2.24, 2.45) is 11.7 Å². The predicted octanol–water partition coefficient (Wildman–Crippen LogP) is 1.76. The van der Waals surface area contributed by atoms with E-state index in [0.717, 1.165) is 6.61 Å². The van der Waals surface area contributed by atoms with E-state index in [1.807, 2.05) is 24.3 Å². The number of nitrogens with one attached hydrogen (secondary N) is 1. The molecule has 1 saturated carbocycles. The van der Waals surface area contributed by atoms with E-state index in [1.54, 1.807) is 6.92 Å². The Morgan fingerprint density at radius 3 is 2.88 bits per heavy atom. The summed E-state index contributed by atoms with van der Waals surface area (Å²) in [7, 11) is 0. The predicted molar refractivity (Wildman–Crippen MR) is 66.9 cm³/mol. The summed E-state index contributed by atoms with van der Waals surface area (Å²) in [5, 5.41) is 2.77. The zero-order valence-corrected chi connectivity index (χ0v) is 9.98. The third-order valence-electron chi connectivity index (χ3n) is 2.73. The highest BCUT2D eigenvalue weighted by atomic mass is 16.5. The second kappa shape index (κ2) is 5.19. The van der Waals surface area contributed by atoms with Gasteiger partial charge in [0.25, 0.3) is 0 Å². The fourth-order valence-electron chi connectivity index (χ4n) is 1.43. The first-order chi connectivity index (χ1) is 8.16. The molecular formula is C13H18N2O2. The van der Waals surface area contributed by atoms with E-state index >= 15 is 0 Å². The number of nitrogens with two attached hydrogens (primary N) is 1. The van der Waals surface area contributed by atoms with Gasteiger partial charge in [0.1, 0.15) is 5.75 Å². The molecule has 2 rings (SSSR count). The molecule has 1 aliphatic rings. The SMILES string of the molecule is C[C@H](N)C(=O)Nc1ccccc1OCC1CC1. The summed E-state index contributed by atoms with van der Waals surface area (Å²) in [6, 6.07) is 6.91. The monoisotopic (exact) mass is 234 g/mol. The second-order valence-corrected chi connectivity index (χ2v) is 4.53. The standard InChI is InChI=1S/C13H18N2O2/c1-9(14)13(16)15-11-4-2-3-5-12(11)17-8-10-6-7-10/h2-5,9-10H,6-8,14H2,1H3,(H,15,16)/t9-/m0/s1. The number of amides is 1. The zero-order valence-electron chi connectivity index (χ0n) is 9.98. The van der Waals surface area contributed by atoms with E-state index < -0.39 is 6.04 Å². The largest absolute Gasteiger partial charge is 0.491 e. The van der Waals surface area contributed by atoms with Crippen LogP contribution in [0, 0.1) is 5.92 Å². The average molecular weight is 234 g/mol. The van der Waals surface area contributed by atoms with E-state index in [0.29, 0.717) is 17.4 Å². The van der Waals surface area contributed by atoms with Gasteiger partial charge in [-0.05, 0) is 37.8 Å². The molecular weight excluding hydrogens is 216 g/mol. The number of ether oxygens (including phenoxy) is 1. The minimum absolute atomic E-state index is 0.201. The quantitative estimate of drug-likeness (QED) is 0.816. The number of hydrogen-bond donors (Lipinski definition) is 2. The van der Waals surface area contributed by atoms with Crippen LogP contribution in [0.4, 0.5) is 5.69 Å².